The first-order valence-corrected chi connectivity index (χ1v) is 10.3. The summed E-state index contributed by atoms with van der Waals surface area (Å²) in [6.45, 7) is 0. The Morgan fingerprint density at radius 2 is 1.27 bits per heavy atom. The second kappa shape index (κ2) is 11.1. The molecule has 1 aromatic heterocycles. The Hall–Kier alpha value is -4.72. The van der Waals surface area contributed by atoms with Gasteiger partial charge in [-0.1, -0.05) is 54.6 Å². The number of rotatable bonds is 9. The van der Waals surface area contributed by atoms with E-state index >= 15 is 0 Å². The van der Waals surface area contributed by atoms with Crippen LogP contribution in [0.25, 0.3) is 6.08 Å². The maximum Gasteiger partial charge on any atom is 0.250 e. The minimum Gasteiger partial charge on any atom is -0.497 e. The van der Waals surface area contributed by atoms with Crippen LogP contribution in [-0.4, -0.2) is 28.3 Å². The van der Waals surface area contributed by atoms with Crippen LogP contribution in [0.3, 0.4) is 0 Å². The van der Waals surface area contributed by atoms with E-state index in [0.29, 0.717) is 17.8 Å². The topological polar surface area (TPSA) is 96.4 Å². The van der Waals surface area contributed by atoms with Crippen molar-refractivity contribution in [3.05, 3.63) is 96.6 Å². The molecule has 8 heteroatoms. The molecule has 0 aliphatic rings. The second-order valence-corrected chi connectivity index (χ2v) is 6.81. The van der Waals surface area contributed by atoms with E-state index in [-0.39, 0.29) is 0 Å². The molecule has 0 aliphatic carbocycles. The number of allylic oxidation sites excluding steroid dienone is 1. The van der Waals surface area contributed by atoms with Crippen LogP contribution in [0.1, 0.15) is 5.56 Å². The summed E-state index contributed by atoms with van der Waals surface area (Å²) in [5.74, 6) is 1.81. The number of ether oxygens (including phenoxy) is 1. The largest absolute Gasteiger partial charge is 0.497 e. The number of hydrogen-bond acceptors (Lipinski definition) is 8. The zero-order chi connectivity index (χ0) is 22.7. The van der Waals surface area contributed by atoms with Gasteiger partial charge in [-0.05, 0) is 48.0 Å². The lowest BCUT2D eigenvalue weighted by atomic mass is 10.2. The Morgan fingerprint density at radius 1 is 0.697 bits per heavy atom. The van der Waals surface area contributed by atoms with Gasteiger partial charge >= 0.3 is 0 Å². The van der Waals surface area contributed by atoms with Crippen LogP contribution in [0.4, 0.5) is 29.2 Å². The molecule has 3 N–H and O–H groups in total. The maximum absolute atomic E-state index is 5.21. The first-order chi connectivity index (χ1) is 16.3. The Morgan fingerprint density at radius 3 is 1.91 bits per heavy atom. The van der Waals surface area contributed by atoms with Crippen LogP contribution in [0.5, 0.6) is 5.75 Å². The molecule has 0 radical (unpaired) electrons. The fourth-order valence-corrected chi connectivity index (χ4v) is 2.85. The third kappa shape index (κ3) is 6.63. The normalized spacial score (nSPS) is 10.9. The van der Waals surface area contributed by atoms with Crippen LogP contribution in [-0.2, 0) is 0 Å². The zero-order valence-corrected chi connectivity index (χ0v) is 18.0. The number of hydrogen-bond donors (Lipinski definition) is 3. The van der Waals surface area contributed by atoms with E-state index in [9.17, 15) is 0 Å². The molecule has 4 rings (SSSR count). The molecule has 0 fully saturated rings. The summed E-state index contributed by atoms with van der Waals surface area (Å²) in [4.78, 5) is 13.3. The Kier molecular flexibility index (Phi) is 7.21. The van der Waals surface area contributed by atoms with Crippen molar-refractivity contribution in [1.29, 1.82) is 0 Å². The van der Waals surface area contributed by atoms with Gasteiger partial charge in [0.15, 0.2) is 0 Å². The highest BCUT2D eigenvalue weighted by Crippen LogP contribution is 2.20. The predicted molar refractivity (Wildman–Crippen MR) is 133 cm³/mol. The van der Waals surface area contributed by atoms with Gasteiger partial charge < -0.3 is 15.4 Å². The van der Waals surface area contributed by atoms with Crippen LogP contribution in [0, 0.1) is 0 Å². The van der Waals surface area contributed by atoms with Gasteiger partial charge in [0.1, 0.15) is 5.75 Å². The van der Waals surface area contributed by atoms with Crippen LogP contribution in [0.15, 0.2) is 96.1 Å². The summed E-state index contributed by atoms with van der Waals surface area (Å²) in [6, 6.07) is 27.1. The van der Waals surface area contributed by atoms with Crippen LogP contribution >= 0.6 is 0 Å². The Labute approximate surface area is 192 Å². The van der Waals surface area contributed by atoms with Crippen molar-refractivity contribution >= 4 is 41.5 Å². The molecule has 0 saturated heterocycles. The lowest BCUT2D eigenvalue weighted by Gasteiger charge is -2.10. The molecule has 164 valence electrons. The molecule has 33 heavy (non-hydrogen) atoms. The molecule has 0 unspecified atom stereocenters. The summed E-state index contributed by atoms with van der Waals surface area (Å²) in [5, 5.41) is 10.6. The van der Waals surface area contributed by atoms with Gasteiger partial charge in [0.05, 0.1) is 7.11 Å². The minimum atomic E-state index is 0.295. The number of para-hydroxylation sites is 1. The standard InChI is InChI=1S/C25H23N7O/c1-33-22-16-14-21(15-17-22)28-24-29-23(27-20-12-6-3-7-13-20)30-25(31-24)32-26-18-8-11-19-9-4-2-5-10-19/h2-18H,1H3,(H3,27,28,29,30,31,32)/b11-8+,26-18+. The highest BCUT2D eigenvalue weighted by molar-refractivity contribution is 5.78. The number of aromatic nitrogens is 3. The first-order valence-electron chi connectivity index (χ1n) is 10.3. The van der Waals surface area contributed by atoms with Crippen molar-refractivity contribution in [2.45, 2.75) is 0 Å². The van der Waals surface area contributed by atoms with E-state index < -0.39 is 0 Å². The maximum atomic E-state index is 5.21. The van der Waals surface area contributed by atoms with Crippen molar-refractivity contribution in [3.8, 4) is 5.75 Å². The molecule has 3 aromatic carbocycles. The van der Waals surface area contributed by atoms with Crippen LogP contribution in [0.2, 0.25) is 0 Å². The number of benzene rings is 3. The lowest BCUT2D eigenvalue weighted by Crippen LogP contribution is -2.07. The molecule has 0 spiro atoms. The molecule has 0 bridgehead atoms. The van der Waals surface area contributed by atoms with Crippen molar-refractivity contribution in [2.24, 2.45) is 5.10 Å². The van der Waals surface area contributed by atoms with Crippen molar-refractivity contribution in [2.75, 3.05) is 23.2 Å². The molecular weight excluding hydrogens is 414 g/mol. The quantitative estimate of drug-likeness (QED) is 0.236. The van der Waals surface area contributed by atoms with Gasteiger partial charge in [-0.15, -0.1) is 0 Å². The first kappa shape index (κ1) is 21.5. The summed E-state index contributed by atoms with van der Waals surface area (Å²) in [6.07, 6.45) is 5.43. The van der Waals surface area contributed by atoms with Crippen molar-refractivity contribution < 1.29 is 4.74 Å². The third-order valence-electron chi connectivity index (χ3n) is 4.42. The fraction of sp³-hybridized carbons (Fsp3) is 0.0400. The Balaban J connectivity index is 1.51. The molecular formula is C25H23N7O. The van der Waals surface area contributed by atoms with E-state index in [1.165, 1.54) is 0 Å². The minimum absolute atomic E-state index is 0.295. The van der Waals surface area contributed by atoms with Gasteiger partial charge in [0.25, 0.3) is 0 Å². The van der Waals surface area contributed by atoms with Gasteiger partial charge in [0.2, 0.25) is 17.8 Å². The van der Waals surface area contributed by atoms with Gasteiger partial charge in [-0.25, -0.2) is 5.43 Å². The predicted octanol–water partition coefficient (Wildman–Crippen LogP) is 5.48. The molecule has 1 heterocycles. The average molecular weight is 438 g/mol. The zero-order valence-electron chi connectivity index (χ0n) is 18.0. The SMILES string of the molecule is COc1ccc(Nc2nc(N/N=C/C=C/c3ccccc3)nc(Nc3ccccc3)n2)cc1. The Bertz CT molecular complexity index is 1210. The number of anilines is 5. The lowest BCUT2D eigenvalue weighted by molar-refractivity contribution is 0.415. The highest BCUT2D eigenvalue weighted by atomic mass is 16.5. The number of methoxy groups -OCH3 is 1. The molecule has 0 aliphatic heterocycles. The number of nitrogens with zero attached hydrogens (tertiary/aromatic N) is 4. The molecule has 0 saturated carbocycles. The van der Waals surface area contributed by atoms with E-state index in [2.05, 4.69) is 36.1 Å². The van der Waals surface area contributed by atoms with Gasteiger partial charge in [-0.3, -0.25) is 0 Å². The van der Waals surface area contributed by atoms with Gasteiger partial charge in [0, 0.05) is 17.6 Å². The molecule has 4 aromatic rings. The number of hydrazone groups is 1. The van der Waals surface area contributed by atoms with E-state index in [4.69, 9.17) is 4.74 Å². The molecule has 8 nitrogen and oxygen atoms in total. The number of nitrogens with one attached hydrogen (secondary N) is 3. The van der Waals surface area contributed by atoms with E-state index in [1.54, 1.807) is 13.3 Å². The molecule has 0 amide bonds. The van der Waals surface area contributed by atoms with E-state index in [0.717, 1.165) is 22.7 Å². The van der Waals surface area contributed by atoms with Crippen molar-refractivity contribution in [1.82, 2.24) is 15.0 Å². The second-order valence-electron chi connectivity index (χ2n) is 6.81. The highest BCUT2D eigenvalue weighted by Gasteiger charge is 2.07. The van der Waals surface area contributed by atoms with E-state index in [1.807, 2.05) is 97.1 Å². The van der Waals surface area contributed by atoms with Gasteiger partial charge in [-0.2, -0.15) is 20.1 Å². The van der Waals surface area contributed by atoms with Crippen molar-refractivity contribution in [3.63, 3.8) is 0 Å². The average Bonchev–Trinajstić information content (AvgIpc) is 2.85. The molecule has 0 atom stereocenters. The summed E-state index contributed by atoms with van der Waals surface area (Å²) in [7, 11) is 1.63. The fourth-order valence-electron chi connectivity index (χ4n) is 2.85. The smallest absolute Gasteiger partial charge is 0.250 e. The summed E-state index contributed by atoms with van der Waals surface area (Å²) >= 11 is 0. The third-order valence-corrected chi connectivity index (χ3v) is 4.42. The summed E-state index contributed by atoms with van der Waals surface area (Å²) in [5.41, 5.74) is 5.62. The summed E-state index contributed by atoms with van der Waals surface area (Å²) < 4.78 is 5.21. The monoisotopic (exact) mass is 437 g/mol. The van der Waals surface area contributed by atoms with Crippen LogP contribution < -0.4 is 20.8 Å².